The molecule has 1 aliphatic carbocycles. The SMILES string of the molecule is CCCC1CCC(c2cc(F)c3c(c2)COC(OC)C3)CC1. The fourth-order valence-corrected chi connectivity index (χ4v) is 4.06. The second-order valence-electron chi connectivity index (χ2n) is 6.83. The fraction of sp³-hybridized carbons (Fsp3) is 0.684. The van der Waals surface area contributed by atoms with E-state index in [2.05, 4.69) is 13.0 Å². The van der Waals surface area contributed by atoms with Gasteiger partial charge in [-0.3, -0.25) is 0 Å². The van der Waals surface area contributed by atoms with Crippen molar-refractivity contribution in [3.63, 3.8) is 0 Å². The maximum atomic E-state index is 14.5. The van der Waals surface area contributed by atoms with Crippen molar-refractivity contribution in [3.05, 3.63) is 34.6 Å². The van der Waals surface area contributed by atoms with Crippen LogP contribution in [-0.4, -0.2) is 13.4 Å². The second-order valence-corrected chi connectivity index (χ2v) is 6.83. The van der Waals surface area contributed by atoms with Crippen molar-refractivity contribution >= 4 is 0 Å². The van der Waals surface area contributed by atoms with Crippen molar-refractivity contribution in [1.82, 2.24) is 0 Å². The molecule has 1 unspecified atom stereocenters. The largest absolute Gasteiger partial charge is 0.356 e. The van der Waals surface area contributed by atoms with Crippen LogP contribution in [0.3, 0.4) is 0 Å². The number of fused-ring (bicyclic) bond motifs is 1. The minimum atomic E-state index is -0.308. The maximum absolute atomic E-state index is 14.5. The molecular formula is C19H27FO2. The Morgan fingerprint density at radius 1 is 1.23 bits per heavy atom. The average molecular weight is 306 g/mol. The van der Waals surface area contributed by atoms with E-state index in [1.54, 1.807) is 13.2 Å². The van der Waals surface area contributed by atoms with Gasteiger partial charge in [0.1, 0.15) is 5.82 Å². The molecule has 0 amide bonds. The molecule has 0 spiro atoms. The molecule has 1 heterocycles. The lowest BCUT2D eigenvalue weighted by Crippen LogP contribution is -2.25. The molecule has 1 aromatic rings. The highest BCUT2D eigenvalue weighted by Crippen LogP contribution is 2.39. The number of halogens is 1. The van der Waals surface area contributed by atoms with Crippen LogP contribution >= 0.6 is 0 Å². The first kappa shape index (κ1) is 15.9. The van der Waals surface area contributed by atoms with E-state index >= 15 is 0 Å². The summed E-state index contributed by atoms with van der Waals surface area (Å²) in [6, 6.07) is 3.94. The number of methoxy groups -OCH3 is 1. The molecule has 0 radical (unpaired) electrons. The third-order valence-electron chi connectivity index (χ3n) is 5.38. The molecule has 0 saturated heterocycles. The lowest BCUT2D eigenvalue weighted by atomic mass is 9.76. The monoisotopic (exact) mass is 306 g/mol. The molecule has 0 bridgehead atoms. The molecule has 1 aliphatic heterocycles. The molecule has 1 atom stereocenters. The van der Waals surface area contributed by atoms with Gasteiger partial charge in [-0.1, -0.05) is 25.8 Å². The van der Waals surface area contributed by atoms with Gasteiger partial charge in [-0.25, -0.2) is 4.39 Å². The summed E-state index contributed by atoms with van der Waals surface area (Å²) in [6.07, 6.45) is 7.81. The Bertz CT molecular complexity index is 506. The van der Waals surface area contributed by atoms with Crippen molar-refractivity contribution in [3.8, 4) is 0 Å². The molecule has 3 heteroatoms. The standard InChI is InChI=1S/C19H27FO2/c1-3-4-13-5-7-14(8-6-13)15-9-16-12-22-19(21-2)11-17(16)18(20)10-15/h9-10,13-14,19H,3-8,11-12H2,1-2H3. The Morgan fingerprint density at radius 3 is 2.68 bits per heavy atom. The van der Waals surface area contributed by atoms with Gasteiger partial charge in [0.15, 0.2) is 6.29 Å². The highest BCUT2D eigenvalue weighted by atomic mass is 19.1. The predicted octanol–water partition coefficient (Wildman–Crippen LogP) is 4.94. The summed E-state index contributed by atoms with van der Waals surface area (Å²) in [5.74, 6) is 1.33. The van der Waals surface area contributed by atoms with Gasteiger partial charge in [-0.15, -0.1) is 0 Å². The van der Waals surface area contributed by atoms with Gasteiger partial charge in [0.25, 0.3) is 0 Å². The van der Waals surface area contributed by atoms with Crippen LogP contribution in [0, 0.1) is 11.7 Å². The molecule has 1 aromatic carbocycles. The zero-order valence-corrected chi connectivity index (χ0v) is 13.7. The van der Waals surface area contributed by atoms with Crippen molar-refractivity contribution in [1.29, 1.82) is 0 Å². The van der Waals surface area contributed by atoms with Crippen molar-refractivity contribution in [2.45, 2.75) is 70.7 Å². The van der Waals surface area contributed by atoms with Crippen molar-refractivity contribution in [2.75, 3.05) is 7.11 Å². The molecule has 122 valence electrons. The Balaban J connectivity index is 1.72. The number of rotatable bonds is 4. The fourth-order valence-electron chi connectivity index (χ4n) is 4.06. The summed E-state index contributed by atoms with van der Waals surface area (Å²) >= 11 is 0. The first-order chi connectivity index (χ1) is 10.7. The van der Waals surface area contributed by atoms with Gasteiger partial charge in [0.2, 0.25) is 0 Å². The van der Waals surface area contributed by atoms with Crippen LogP contribution in [0.5, 0.6) is 0 Å². The average Bonchev–Trinajstić information content (AvgIpc) is 2.55. The minimum Gasteiger partial charge on any atom is -0.356 e. The summed E-state index contributed by atoms with van der Waals surface area (Å²) in [5.41, 5.74) is 2.96. The van der Waals surface area contributed by atoms with E-state index < -0.39 is 0 Å². The van der Waals surface area contributed by atoms with Crippen LogP contribution in [0.25, 0.3) is 0 Å². The van der Waals surface area contributed by atoms with Crippen molar-refractivity contribution in [2.24, 2.45) is 5.92 Å². The third-order valence-corrected chi connectivity index (χ3v) is 5.38. The lowest BCUT2D eigenvalue weighted by Gasteiger charge is -2.30. The number of hydrogen-bond acceptors (Lipinski definition) is 2. The van der Waals surface area contributed by atoms with Gasteiger partial charge in [0, 0.05) is 13.5 Å². The van der Waals surface area contributed by atoms with Gasteiger partial charge in [0.05, 0.1) is 6.61 Å². The molecule has 1 fully saturated rings. The summed E-state index contributed by atoms with van der Waals surface area (Å²) in [6.45, 7) is 2.72. The van der Waals surface area contributed by atoms with E-state index in [1.807, 2.05) is 0 Å². The Hall–Kier alpha value is -0.930. The molecule has 22 heavy (non-hydrogen) atoms. The van der Waals surface area contributed by atoms with E-state index in [-0.39, 0.29) is 12.1 Å². The van der Waals surface area contributed by atoms with Gasteiger partial charge >= 0.3 is 0 Å². The van der Waals surface area contributed by atoms with E-state index in [1.165, 1.54) is 44.1 Å². The van der Waals surface area contributed by atoms with E-state index in [4.69, 9.17) is 9.47 Å². The van der Waals surface area contributed by atoms with Gasteiger partial charge in [-0.2, -0.15) is 0 Å². The first-order valence-corrected chi connectivity index (χ1v) is 8.66. The Kier molecular flexibility index (Phi) is 5.14. The minimum absolute atomic E-state index is 0.0754. The van der Waals surface area contributed by atoms with Crippen LogP contribution in [0.15, 0.2) is 12.1 Å². The van der Waals surface area contributed by atoms with E-state index in [0.717, 1.165) is 17.0 Å². The van der Waals surface area contributed by atoms with E-state index in [0.29, 0.717) is 18.9 Å². The quantitative estimate of drug-likeness (QED) is 0.784. The molecule has 2 aliphatic rings. The highest BCUT2D eigenvalue weighted by molar-refractivity contribution is 5.36. The van der Waals surface area contributed by atoms with Crippen LogP contribution in [0.2, 0.25) is 0 Å². The van der Waals surface area contributed by atoms with Gasteiger partial charge < -0.3 is 9.47 Å². The number of ether oxygens (including phenoxy) is 2. The van der Waals surface area contributed by atoms with Gasteiger partial charge in [-0.05, 0) is 60.3 Å². The normalized spacial score (nSPS) is 28.4. The summed E-state index contributed by atoms with van der Waals surface area (Å²) in [4.78, 5) is 0. The Labute approximate surface area is 133 Å². The zero-order chi connectivity index (χ0) is 15.5. The topological polar surface area (TPSA) is 18.5 Å². The van der Waals surface area contributed by atoms with Crippen LogP contribution in [0.4, 0.5) is 4.39 Å². The summed E-state index contributed by atoms with van der Waals surface area (Å²) < 4.78 is 25.3. The molecule has 2 nitrogen and oxygen atoms in total. The highest BCUT2D eigenvalue weighted by Gasteiger charge is 2.26. The number of hydrogen-bond donors (Lipinski definition) is 0. The van der Waals surface area contributed by atoms with E-state index in [9.17, 15) is 4.39 Å². The summed E-state index contributed by atoms with van der Waals surface area (Å²) in [5, 5.41) is 0. The second kappa shape index (κ2) is 7.10. The smallest absolute Gasteiger partial charge is 0.161 e. The predicted molar refractivity (Wildman–Crippen MR) is 85.3 cm³/mol. The van der Waals surface area contributed by atoms with Crippen LogP contribution in [0.1, 0.15) is 68.1 Å². The third kappa shape index (κ3) is 3.36. The molecule has 1 saturated carbocycles. The molecule has 3 rings (SSSR count). The molecule has 0 N–H and O–H groups in total. The number of benzene rings is 1. The van der Waals surface area contributed by atoms with Crippen LogP contribution in [-0.2, 0) is 22.5 Å². The van der Waals surface area contributed by atoms with Crippen molar-refractivity contribution < 1.29 is 13.9 Å². The Morgan fingerprint density at radius 2 is 2.00 bits per heavy atom. The molecule has 0 aromatic heterocycles. The maximum Gasteiger partial charge on any atom is 0.161 e. The zero-order valence-electron chi connectivity index (χ0n) is 13.7. The lowest BCUT2D eigenvalue weighted by molar-refractivity contribution is -0.138. The van der Waals surface area contributed by atoms with Crippen LogP contribution < -0.4 is 0 Å². The summed E-state index contributed by atoms with van der Waals surface area (Å²) in [7, 11) is 1.61. The molecular weight excluding hydrogens is 279 g/mol. The first-order valence-electron chi connectivity index (χ1n) is 8.66.